The van der Waals surface area contributed by atoms with Crippen LogP contribution in [0, 0.1) is 0 Å². The van der Waals surface area contributed by atoms with Crippen LogP contribution in [0.1, 0.15) is 6.42 Å². The average Bonchev–Trinajstić information content (AvgIpc) is 3.28. The molecule has 8 nitrogen and oxygen atoms in total. The van der Waals surface area contributed by atoms with Gasteiger partial charge in [-0.1, -0.05) is 30.3 Å². The first-order valence-electron chi connectivity index (χ1n) is 10.1. The first kappa shape index (κ1) is 19.0. The second kappa shape index (κ2) is 8.37. The Morgan fingerprint density at radius 3 is 2.74 bits per heavy atom. The minimum atomic E-state index is 0.113. The van der Waals surface area contributed by atoms with Gasteiger partial charge in [-0.15, -0.1) is 0 Å². The highest BCUT2D eigenvalue weighted by molar-refractivity contribution is 5.96. The monoisotopic (exact) mass is 411 g/mol. The number of nitrogens with one attached hydrogen (secondary N) is 3. The molecule has 0 saturated heterocycles. The number of anilines is 3. The Morgan fingerprint density at radius 1 is 0.968 bits per heavy atom. The van der Waals surface area contributed by atoms with Crippen molar-refractivity contribution < 1.29 is 5.11 Å². The molecule has 0 saturated carbocycles. The number of rotatable bonds is 7. The van der Waals surface area contributed by atoms with Gasteiger partial charge in [0.1, 0.15) is 5.52 Å². The Kier molecular flexibility index (Phi) is 5.12. The van der Waals surface area contributed by atoms with Gasteiger partial charge >= 0.3 is 0 Å². The molecule has 0 aliphatic heterocycles. The lowest BCUT2D eigenvalue weighted by atomic mass is 10.0. The number of pyridine rings is 1. The molecule has 3 aromatic heterocycles. The normalized spacial score (nSPS) is 11.1. The van der Waals surface area contributed by atoms with Gasteiger partial charge in [0.15, 0.2) is 11.5 Å². The van der Waals surface area contributed by atoms with Crippen LogP contribution in [0.15, 0.2) is 67.1 Å². The lowest BCUT2D eigenvalue weighted by molar-refractivity contribution is 0.292. The molecule has 0 atom stereocenters. The highest BCUT2D eigenvalue weighted by Gasteiger charge is 2.11. The van der Waals surface area contributed by atoms with Crippen LogP contribution in [0.5, 0.6) is 0 Å². The van der Waals surface area contributed by atoms with Gasteiger partial charge < -0.3 is 20.7 Å². The molecule has 0 spiro atoms. The van der Waals surface area contributed by atoms with Crippen molar-refractivity contribution in [3.63, 3.8) is 0 Å². The van der Waals surface area contributed by atoms with E-state index in [0.717, 1.165) is 27.7 Å². The van der Waals surface area contributed by atoms with Crippen LogP contribution in [-0.4, -0.2) is 43.2 Å². The van der Waals surface area contributed by atoms with Crippen LogP contribution in [0.4, 0.5) is 17.5 Å². The van der Waals surface area contributed by atoms with Crippen LogP contribution in [0.2, 0.25) is 0 Å². The highest BCUT2D eigenvalue weighted by atomic mass is 16.3. The maximum atomic E-state index is 9.05. The van der Waals surface area contributed by atoms with Crippen LogP contribution in [0.3, 0.4) is 0 Å². The maximum Gasteiger partial charge on any atom is 0.231 e. The summed E-state index contributed by atoms with van der Waals surface area (Å²) in [6, 6.07) is 18.3. The summed E-state index contributed by atoms with van der Waals surface area (Å²) in [5.74, 6) is 1.07. The van der Waals surface area contributed by atoms with E-state index >= 15 is 0 Å². The van der Waals surface area contributed by atoms with E-state index in [2.05, 4.69) is 53.8 Å². The maximum absolute atomic E-state index is 9.05. The predicted molar refractivity (Wildman–Crippen MR) is 122 cm³/mol. The molecule has 2 aromatic carbocycles. The topological polar surface area (TPSA) is 112 Å². The molecule has 0 amide bonds. The Balaban J connectivity index is 1.51. The largest absolute Gasteiger partial charge is 0.396 e. The van der Waals surface area contributed by atoms with Gasteiger partial charge in [0.05, 0.1) is 11.8 Å². The van der Waals surface area contributed by atoms with Gasteiger partial charge in [-0.25, -0.2) is 4.98 Å². The fraction of sp³-hybridized carbons (Fsp3) is 0.130. The van der Waals surface area contributed by atoms with E-state index in [1.165, 1.54) is 0 Å². The molecule has 5 aromatic rings. The van der Waals surface area contributed by atoms with Crippen molar-refractivity contribution in [2.75, 3.05) is 23.8 Å². The lowest BCUT2D eigenvalue weighted by Crippen LogP contribution is -2.08. The van der Waals surface area contributed by atoms with Gasteiger partial charge in [0.25, 0.3) is 0 Å². The number of aliphatic hydroxyl groups excluding tert-OH is 1. The Hall–Kier alpha value is -4.04. The predicted octanol–water partition coefficient (Wildman–Crippen LogP) is 4.11. The fourth-order valence-electron chi connectivity index (χ4n) is 3.52. The zero-order valence-electron chi connectivity index (χ0n) is 16.7. The van der Waals surface area contributed by atoms with Gasteiger partial charge in [-0.2, -0.15) is 9.97 Å². The number of H-pyrrole nitrogens is 1. The minimum Gasteiger partial charge on any atom is -0.396 e. The number of benzene rings is 2. The zero-order chi connectivity index (χ0) is 21.0. The molecule has 0 unspecified atom stereocenters. The summed E-state index contributed by atoms with van der Waals surface area (Å²) in [6.45, 7) is 0.707. The molecular formula is C23H21N7O. The molecular weight excluding hydrogens is 390 g/mol. The summed E-state index contributed by atoms with van der Waals surface area (Å²) in [6.07, 6.45) is 4.05. The third-order valence-electron chi connectivity index (χ3n) is 4.99. The third-order valence-corrected chi connectivity index (χ3v) is 4.99. The second-order valence-electron chi connectivity index (χ2n) is 7.08. The van der Waals surface area contributed by atoms with E-state index in [9.17, 15) is 0 Å². The summed E-state index contributed by atoms with van der Waals surface area (Å²) >= 11 is 0. The van der Waals surface area contributed by atoms with Gasteiger partial charge in [0.2, 0.25) is 5.95 Å². The van der Waals surface area contributed by atoms with Crippen LogP contribution < -0.4 is 10.6 Å². The standard InChI is InChI=1S/C23H21N7O/c31-12-4-10-25-21-20-22(27-14-26-20)30-23(29-21)28-16-7-8-19-18(13-16)17(9-11-24-19)15-5-2-1-3-6-15/h1-3,5-9,11,13-14,31H,4,10,12H2,(H3,25,26,27,28,29,30). The van der Waals surface area contributed by atoms with Gasteiger partial charge in [-0.05, 0) is 41.8 Å². The first-order valence-corrected chi connectivity index (χ1v) is 10.1. The molecule has 0 aliphatic rings. The number of nitrogens with zero attached hydrogens (tertiary/aromatic N) is 4. The molecule has 154 valence electrons. The summed E-state index contributed by atoms with van der Waals surface area (Å²) in [4.78, 5) is 21.0. The van der Waals surface area contributed by atoms with Crippen LogP contribution in [0.25, 0.3) is 33.2 Å². The smallest absolute Gasteiger partial charge is 0.231 e. The summed E-state index contributed by atoms with van der Waals surface area (Å²) in [5, 5.41) is 16.6. The second-order valence-corrected chi connectivity index (χ2v) is 7.08. The Labute approximate surface area is 178 Å². The minimum absolute atomic E-state index is 0.113. The van der Waals surface area contributed by atoms with Crippen molar-refractivity contribution in [2.24, 2.45) is 0 Å². The zero-order valence-corrected chi connectivity index (χ0v) is 16.7. The molecule has 0 bridgehead atoms. The number of aromatic amines is 1. The molecule has 3 heterocycles. The number of hydrogen-bond acceptors (Lipinski definition) is 7. The van der Waals surface area contributed by atoms with Crippen molar-refractivity contribution in [3.05, 3.63) is 67.1 Å². The fourth-order valence-corrected chi connectivity index (χ4v) is 3.52. The van der Waals surface area contributed by atoms with E-state index in [1.54, 1.807) is 6.33 Å². The van der Waals surface area contributed by atoms with E-state index in [1.807, 2.05) is 42.6 Å². The molecule has 0 fully saturated rings. The van der Waals surface area contributed by atoms with E-state index in [0.29, 0.717) is 35.9 Å². The van der Waals surface area contributed by atoms with Gasteiger partial charge in [0, 0.05) is 30.4 Å². The number of imidazole rings is 1. The number of fused-ring (bicyclic) bond motifs is 2. The molecule has 5 rings (SSSR count). The van der Waals surface area contributed by atoms with Gasteiger partial charge in [-0.3, -0.25) is 4.98 Å². The van der Waals surface area contributed by atoms with Crippen molar-refractivity contribution in [1.29, 1.82) is 0 Å². The molecule has 8 heteroatoms. The van der Waals surface area contributed by atoms with E-state index in [4.69, 9.17) is 5.11 Å². The van der Waals surface area contributed by atoms with Crippen LogP contribution in [-0.2, 0) is 0 Å². The van der Waals surface area contributed by atoms with Crippen molar-refractivity contribution in [1.82, 2.24) is 24.9 Å². The lowest BCUT2D eigenvalue weighted by Gasteiger charge is -2.11. The Morgan fingerprint density at radius 2 is 1.87 bits per heavy atom. The number of aliphatic hydroxyl groups is 1. The molecule has 0 aliphatic carbocycles. The highest BCUT2D eigenvalue weighted by Crippen LogP contribution is 2.30. The summed E-state index contributed by atoms with van der Waals surface area (Å²) in [5.41, 5.74) is 5.33. The summed E-state index contributed by atoms with van der Waals surface area (Å²) < 4.78 is 0. The first-order chi connectivity index (χ1) is 15.3. The van der Waals surface area contributed by atoms with Crippen molar-refractivity contribution in [3.8, 4) is 11.1 Å². The number of aromatic nitrogens is 5. The van der Waals surface area contributed by atoms with Crippen molar-refractivity contribution >= 4 is 39.5 Å². The molecule has 0 radical (unpaired) electrons. The molecule has 4 N–H and O–H groups in total. The quantitative estimate of drug-likeness (QED) is 0.298. The van der Waals surface area contributed by atoms with E-state index in [-0.39, 0.29) is 6.61 Å². The molecule has 31 heavy (non-hydrogen) atoms. The Bertz CT molecular complexity index is 1330. The summed E-state index contributed by atoms with van der Waals surface area (Å²) in [7, 11) is 0. The van der Waals surface area contributed by atoms with E-state index < -0.39 is 0 Å². The SMILES string of the molecule is OCCCNc1nc(Nc2ccc3nccc(-c4ccccc4)c3c2)nc2[nH]cnc12. The van der Waals surface area contributed by atoms with Crippen LogP contribution >= 0.6 is 0 Å². The van der Waals surface area contributed by atoms with Crippen molar-refractivity contribution in [2.45, 2.75) is 6.42 Å². The number of hydrogen-bond donors (Lipinski definition) is 4. The third kappa shape index (κ3) is 3.88. The average molecular weight is 411 g/mol.